The molecule has 1 heterocycles. The number of halogens is 1. The molecule has 142 valence electrons. The molecule has 2 aromatic rings. The number of benzene rings is 1. The molecular formula is C18H27FN6S. The van der Waals surface area contributed by atoms with Crippen LogP contribution in [0.5, 0.6) is 0 Å². The van der Waals surface area contributed by atoms with Gasteiger partial charge in [-0.2, -0.15) is 11.8 Å². The molecule has 2 rings (SSSR count). The van der Waals surface area contributed by atoms with Crippen LogP contribution in [0.1, 0.15) is 23.6 Å². The first kappa shape index (κ1) is 20.2. The Morgan fingerprint density at radius 2 is 1.92 bits per heavy atom. The topological polar surface area (TPSA) is 67.1 Å². The normalized spacial score (nSPS) is 11.6. The molecular weight excluding hydrogens is 351 g/mol. The summed E-state index contributed by atoms with van der Waals surface area (Å²) in [5, 5.41) is 14.9. The summed E-state index contributed by atoms with van der Waals surface area (Å²) in [5.41, 5.74) is 1.09. The van der Waals surface area contributed by atoms with E-state index in [1.165, 1.54) is 12.1 Å². The van der Waals surface area contributed by atoms with Gasteiger partial charge in [0.25, 0.3) is 0 Å². The van der Waals surface area contributed by atoms with Crippen molar-refractivity contribution in [1.29, 1.82) is 0 Å². The van der Waals surface area contributed by atoms with Crippen LogP contribution in [0.2, 0.25) is 0 Å². The summed E-state index contributed by atoms with van der Waals surface area (Å²) in [6.07, 6.45) is 3.98. The fourth-order valence-electron chi connectivity index (χ4n) is 2.31. The molecule has 1 aromatic heterocycles. The zero-order chi connectivity index (χ0) is 18.8. The Bertz CT molecular complexity index is 698. The average Bonchev–Trinajstić information content (AvgIpc) is 2.96. The van der Waals surface area contributed by atoms with Crippen molar-refractivity contribution in [3.63, 3.8) is 0 Å². The number of hydrogen-bond acceptors (Lipinski definition) is 4. The van der Waals surface area contributed by atoms with Crippen molar-refractivity contribution in [2.45, 2.75) is 26.3 Å². The Labute approximate surface area is 158 Å². The van der Waals surface area contributed by atoms with Gasteiger partial charge in [0.05, 0.1) is 0 Å². The van der Waals surface area contributed by atoms with Gasteiger partial charge in [-0.25, -0.2) is 9.38 Å². The summed E-state index contributed by atoms with van der Waals surface area (Å²) in [6.45, 7) is 3.97. The standard InChI is InChI=1S/C18H27FN6S/c1-14-23-24-17(25(14)2)13-22-18(20-10-4-12-26-3)21-11-9-15-5-7-16(19)8-6-15/h5-8H,4,9-13H2,1-3H3,(H2,20,21,22). The van der Waals surface area contributed by atoms with Crippen molar-refractivity contribution < 1.29 is 4.39 Å². The highest BCUT2D eigenvalue weighted by molar-refractivity contribution is 7.98. The van der Waals surface area contributed by atoms with Gasteiger partial charge in [0.1, 0.15) is 18.2 Å². The Morgan fingerprint density at radius 1 is 1.19 bits per heavy atom. The third-order valence-corrected chi connectivity index (χ3v) is 4.70. The lowest BCUT2D eigenvalue weighted by molar-refractivity contribution is 0.626. The first-order valence-electron chi connectivity index (χ1n) is 8.70. The third kappa shape index (κ3) is 6.67. The second-order valence-corrected chi connectivity index (χ2v) is 6.95. The number of aliphatic imine (C=N–C) groups is 1. The lowest BCUT2D eigenvalue weighted by atomic mass is 10.1. The molecule has 0 unspecified atom stereocenters. The van der Waals surface area contributed by atoms with Crippen molar-refractivity contribution in [3.8, 4) is 0 Å². The number of rotatable bonds is 9. The zero-order valence-electron chi connectivity index (χ0n) is 15.6. The van der Waals surface area contributed by atoms with E-state index >= 15 is 0 Å². The minimum Gasteiger partial charge on any atom is -0.356 e. The molecule has 0 amide bonds. The summed E-state index contributed by atoms with van der Waals surface area (Å²) in [7, 11) is 1.94. The zero-order valence-corrected chi connectivity index (χ0v) is 16.4. The van der Waals surface area contributed by atoms with Crippen LogP contribution >= 0.6 is 11.8 Å². The van der Waals surface area contributed by atoms with Gasteiger partial charge in [-0.05, 0) is 49.5 Å². The molecule has 26 heavy (non-hydrogen) atoms. The summed E-state index contributed by atoms with van der Waals surface area (Å²) >= 11 is 1.83. The summed E-state index contributed by atoms with van der Waals surface area (Å²) in [5.74, 6) is 3.35. The van der Waals surface area contributed by atoms with Crippen LogP contribution in [0.3, 0.4) is 0 Å². The van der Waals surface area contributed by atoms with Crippen molar-refractivity contribution in [2.24, 2.45) is 12.0 Å². The first-order chi connectivity index (χ1) is 12.6. The van der Waals surface area contributed by atoms with E-state index in [4.69, 9.17) is 0 Å². The van der Waals surface area contributed by atoms with Gasteiger partial charge in [0, 0.05) is 20.1 Å². The molecule has 0 radical (unpaired) electrons. The third-order valence-electron chi connectivity index (χ3n) is 4.00. The Balaban J connectivity index is 1.90. The number of nitrogens with zero attached hydrogens (tertiary/aromatic N) is 4. The summed E-state index contributed by atoms with van der Waals surface area (Å²) < 4.78 is 14.9. The minimum atomic E-state index is -0.210. The molecule has 0 saturated heterocycles. The maximum atomic E-state index is 13.0. The molecule has 0 spiro atoms. The second-order valence-electron chi connectivity index (χ2n) is 5.96. The first-order valence-corrected chi connectivity index (χ1v) is 10.1. The van der Waals surface area contributed by atoms with Gasteiger partial charge in [0.15, 0.2) is 11.8 Å². The SMILES string of the molecule is CSCCCNC(=NCc1nnc(C)n1C)NCCc1ccc(F)cc1. The Hall–Kier alpha value is -2.09. The summed E-state index contributed by atoms with van der Waals surface area (Å²) in [4.78, 5) is 4.62. The molecule has 0 aliphatic carbocycles. The molecule has 1 aromatic carbocycles. The lowest BCUT2D eigenvalue weighted by Crippen LogP contribution is -2.39. The van der Waals surface area contributed by atoms with E-state index in [0.717, 1.165) is 54.9 Å². The lowest BCUT2D eigenvalue weighted by Gasteiger charge is -2.12. The van der Waals surface area contributed by atoms with E-state index < -0.39 is 0 Å². The van der Waals surface area contributed by atoms with Crippen molar-refractivity contribution in [2.75, 3.05) is 25.1 Å². The van der Waals surface area contributed by atoms with Gasteiger partial charge < -0.3 is 15.2 Å². The van der Waals surface area contributed by atoms with Gasteiger partial charge in [-0.15, -0.1) is 10.2 Å². The highest BCUT2D eigenvalue weighted by atomic mass is 32.2. The highest BCUT2D eigenvalue weighted by Gasteiger charge is 2.05. The van der Waals surface area contributed by atoms with Crippen molar-refractivity contribution in [1.82, 2.24) is 25.4 Å². The largest absolute Gasteiger partial charge is 0.356 e. The van der Waals surface area contributed by atoms with E-state index in [-0.39, 0.29) is 5.82 Å². The monoisotopic (exact) mass is 378 g/mol. The average molecular weight is 379 g/mol. The van der Waals surface area contributed by atoms with Gasteiger partial charge >= 0.3 is 0 Å². The van der Waals surface area contributed by atoms with Crippen LogP contribution in [0.4, 0.5) is 4.39 Å². The molecule has 8 heteroatoms. The van der Waals surface area contributed by atoms with Crippen LogP contribution in [-0.4, -0.2) is 45.8 Å². The maximum absolute atomic E-state index is 13.0. The second kappa shape index (κ2) is 10.8. The molecule has 0 fully saturated rings. The predicted octanol–water partition coefficient (Wildman–Crippen LogP) is 2.29. The number of hydrogen-bond donors (Lipinski definition) is 2. The fraction of sp³-hybridized carbons (Fsp3) is 0.500. The number of aromatic nitrogens is 3. The quantitative estimate of drug-likeness (QED) is 0.398. The van der Waals surface area contributed by atoms with Gasteiger partial charge in [-0.1, -0.05) is 12.1 Å². The minimum absolute atomic E-state index is 0.210. The van der Waals surface area contributed by atoms with Crippen molar-refractivity contribution in [3.05, 3.63) is 47.3 Å². The molecule has 0 bridgehead atoms. The molecule has 2 N–H and O–H groups in total. The van der Waals surface area contributed by atoms with Crippen LogP contribution in [0, 0.1) is 12.7 Å². The predicted molar refractivity (Wildman–Crippen MR) is 106 cm³/mol. The fourth-order valence-corrected chi connectivity index (χ4v) is 2.75. The molecule has 0 aliphatic rings. The molecule has 6 nitrogen and oxygen atoms in total. The van der Waals surface area contributed by atoms with Gasteiger partial charge in [-0.3, -0.25) is 0 Å². The van der Waals surface area contributed by atoms with E-state index in [1.54, 1.807) is 0 Å². The van der Waals surface area contributed by atoms with Crippen LogP contribution in [0.15, 0.2) is 29.3 Å². The Morgan fingerprint density at radius 3 is 2.58 bits per heavy atom. The van der Waals surface area contributed by atoms with E-state index in [9.17, 15) is 4.39 Å². The molecule has 0 saturated carbocycles. The number of thioether (sulfide) groups is 1. The van der Waals surface area contributed by atoms with Crippen LogP contribution in [-0.2, 0) is 20.0 Å². The smallest absolute Gasteiger partial charge is 0.191 e. The van der Waals surface area contributed by atoms with E-state index in [1.807, 2.05) is 42.4 Å². The van der Waals surface area contributed by atoms with Gasteiger partial charge in [0.2, 0.25) is 0 Å². The van der Waals surface area contributed by atoms with Crippen LogP contribution < -0.4 is 10.6 Å². The van der Waals surface area contributed by atoms with E-state index in [0.29, 0.717) is 6.54 Å². The number of aryl methyl sites for hydroxylation is 1. The molecule has 0 atom stereocenters. The van der Waals surface area contributed by atoms with E-state index in [2.05, 4.69) is 32.1 Å². The summed E-state index contributed by atoms with van der Waals surface area (Å²) in [6, 6.07) is 6.59. The maximum Gasteiger partial charge on any atom is 0.191 e. The number of guanidine groups is 1. The molecule has 0 aliphatic heterocycles. The van der Waals surface area contributed by atoms with Crippen molar-refractivity contribution >= 4 is 17.7 Å². The Kier molecular flexibility index (Phi) is 8.40. The highest BCUT2D eigenvalue weighted by Crippen LogP contribution is 2.03. The van der Waals surface area contributed by atoms with Crippen LogP contribution in [0.25, 0.3) is 0 Å². The number of nitrogens with one attached hydrogen (secondary N) is 2.